The molecule has 3 rings (SSSR count). The molecule has 0 fully saturated rings. The van der Waals surface area contributed by atoms with E-state index in [0.29, 0.717) is 0 Å². The fraction of sp³-hybridized carbons (Fsp3) is 0.207. The van der Waals surface area contributed by atoms with Crippen LogP contribution in [0, 0.1) is 0 Å². The average molecular weight is 474 g/mol. The Morgan fingerprint density at radius 3 is 1.59 bits per heavy atom. The van der Waals surface area contributed by atoms with Crippen molar-refractivity contribution >= 4 is 40.5 Å². The zero-order valence-electron chi connectivity index (χ0n) is 20.1. The Bertz CT molecular complexity index is 1060. The first-order valence-electron chi connectivity index (χ1n) is 11.3. The summed E-state index contributed by atoms with van der Waals surface area (Å²) >= 11 is 0. The van der Waals surface area contributed by atoms with Gasteiger partial charge in [-0.3, -0.25) is 9.69 Å². The molecule has 0 N–H and O–H groups in total. The molecular weight excluding hydrogens is 441 g/mol. The second-order valence-corrected chi connectivity index (χ2v) is 12.2. The van der Waals surface area contributed by atoms with Gasteiger partial charge in [-0.05, 0) is 49.4 Å². The normalized spacial score (nSPS) is 11.4. The maximum atomic E-state index is 13.6. The van der Waals surface area contributed by atoms with E-state index in [1.807, 2.05) is 81.2 Å². The molecule has 3 aromatic rings. The van der Waals surface area contributed by atoms with Crippen LogP contribution in [0.25, 0.3) is 0 Å². The topological polar surface area (TPSA) is 46.6 Å². The summed E-state index contributed by atoms with van der Waals surface area (Å²) in [5.74, 6) is 1.70. The summed E-state index contributed by atoms with van der Waals surface area (Å²) in [5, 5.41) is 3.23. The Balaban J connectivity index is 2.16. The highest BCUT2D eigenvalue weighted by atomic mass is 31.2. The fourth-order valence-corrected chi connectivity index (χ4v) is 7.57. The number of ketones is 1. The van der Waals surface area contributed by atoms with Crippen LogP contribution in [0.3, 0.4) is 0 Å². The van der Waals surface area contributed by atoms with Crippen molar-refractivity contribution < 1.29 is 14.3 Å². The van der Waals surface area contributed by atoms with Crippen LogP contribution < -0.4 is 15.9 Å². The van der Waals surface area contributed by atoms with Crippen molar-refractivity contribution in [2.45, 2.75) is 26.4 Å². The summed E-state index contributed by atoms with van der Waals surface area (Å²) in [6.07, 6.45) is 1.07. The summed E-state index contributed by atoms with van der Waals surface area (Å²) in [6.45, 7) is 6.86. The molecule has 0 aliphatic carbocycles. The van der Waals surface area contributed by atoms with Crippen LogP contribution in [0.1, 0.15) is 20.8 Å². The monoisotopic (exact) mass is 473 g/mol. The third kappa shape index (κ3) is 6.15. The molecule has 3 aromatic carbocycles. The number of hydrogen-bond acceptors (Lipinski definition) is 3. The number of hydrogen-bond donors (Lipinski definition) is 0. The number of carbonyl (C=O) groups excluding carboxylic acids is 2. The first-order valence-corrected chi connectivity index (χ1v) is 13.2. The van der Waals surface area contributed by atoms with E-state index in [0.717, 1.165) is 15.9 Å². The first kappa shape index (κ1) is 25.3. The molecule has 34 heavy (non-hydrogen) atoms. The predicted molar refractivity (Wildman–Crippen MR) is 144 cm³/mol. The first-order chi connectivity index (χ1) is 16.3. The minimum absolute atomic E-state index is 0.0881. The number of amides is 1. The highest BCUT2D eigenvalue weighted by molar-refractivity contribution is 7.95. The van der Waals surface area contributed by atoms with E-state index >= 15 is 0 Å². The second kappa shape index (κ2) is 11.2. The summed E-state index contributed by atoms with van der Waals surface area (Å²) < 4.78 is 5.52. The van der Waals surface area contributed by atoms with Gasteiger partial charge in [0.15, 0.2) is 5.78 Å². The molecule has 0 aliphatic rings. The average Bonchev–Trinajstić information content (AvgIpc) is 2.83. The van der Waals surface area contributed by atoms with Gasteiger partial charge in [-0.2, -0.15) is 0 Å². The molecule has 0 radical (unpaired) electrons. The molecule has 0 saturated heterocycles. The summed E-state index contributed by atoms with van der Waals surface area (Å²) in [5.41, 5.74) is -0.655. The molecule has 0 unspecified atom stereocenters. The van der Waals surface area contributed by atoms with Crippen LogP contribution in [0.15, 0.2) is 104 Å². The van der Waals surface area contributed by atoms with Gasteiger partial charge in [0.05, 0.1) is 6.54 Å². The van der Waals surface area contributed by atoms with Crippen LogP contribution >= 0.6 is 6.89 Å². The van der Waals surface area contributed by atoms with Crippen molar-refractivity contribution in [3.8, 4) is 0 Å². The van der Waals surface area contributed by atoms with E-state index in [-0.39, 0.29) is 18.9 Å². The molecule has 0 aliphatic heterocycles. The maximum absolute atomic E-state index is 13.6. The van der Waals surface area contributed by atoms with Gasteiger partial charge >= 0.3 is 6.09 Å². The lowest BCUT2D eigenvalue weighted by Crippen LogP contribution is -2.40. The van der Waals surface area contributed by atoms with Crippen molar-refractivity contribution in [1.29, 1.82) is 0 Å². The molecule has 0 bridgehead atoms. The van der Waals surface area contributed by atoms with Crippen LogP contribution in [0.2, 0.25) is 0 Å². The molecule has 4 nitrogen and oxygen atoms in total. The van der Waals surface area contributed by atoms with Crippen LogP contribution in [-0.4, -0.2) is 41.3 Å². The van der Waals surface area contributed by atoms with Gasteiger partial charge in [-0.15, -0.1) is 6.58 Å². The molecule has 176 valence electrons. The van der Waals surface area contributed by atoms with Gasteiger partial charge < -0.3 is 4.74 Å². The number of rotatable bonds is 8. The molecule has 0 atom stereocenters. The Hall–Kier alpha value is -3.36. The third-order valence-corrected chi connectivity index (χ3v) is 9.19. The summed E-state index contributed by atoms with van der Waals surface area (Å²) in [6, 6.07) is 30.4. The van der Waals surface area contributed by atoms with Crippen molar-refractivity contribution in [2.24, 2.45) is 0 Å². The molecule has 0 saturated carbocycles. The van der Waals surface area contributed by atoms with Gasteiger partial charge in [0, 0.05) is 6.54 Å². The lowest BCUT2D eigenvalue weighted by molar-refractivity contribution is -0.113. The Morgan fingerprint density at radius 2 is 1.24 bits per heavy atom. The van der Waals surface area contributed by atoms with Crippen LogP contribution in [0.5, 0.6) is 0 Å². The Labute approximate surface area is 202 Å². The molecule has 0 spiro atoms. The van der Waals surface area contributed by atoms with Gasteiger partial charge in [-0.1, -0.05) is 97.1 Å². The van der Waals surface area contributed by atoms with Gasteiger partial charge in [0.1, 0.15) is 5.60 Å². The predicted octanol–water partition coefficient (Wildman–Crippen LogP) is 4.77. The van der Waals surface area contributed by atoms with Gasteiger partial charge in [0.25, 0.3) is 0 Å². The Kier molecular flexibility index (Phi) is 8.31. The van der Waals surface area contributed by atoms with Crippen molar-refractivity contribution in [2.75, 3.05) is 13.1 Å². The van der Waals surface area contributed by atoms with Crippen LogP contribution in [-0.2, 0) is 9.53 Å². The second-order valence-electron chi connectivity index (χ2n) is 8.97. The standard InChI is InChI=1S/C29H32NO3P/c1-5-21-30(28(32)33-29(2,3)4)22-24(31)23-34(25-15-9-6-10-16-25,26-17-11-7-12-18-26)27-19-13-8-14-20-27/h5-20,23H,1,21-22H2,2-4H3. The van der Waals surface area contributed by atoms with Gasteiger partial charge in [0.2, 0.25) is 0 Å². The molecular formula is C29H32NO3P. The highest BCUT2D eigenvalue weighted by Gasteiger charge is 2.28. The number of nitrogens with zero attached hydrogens (tertiary/aromatic N) is 1. The van der Waals surface area contributed by atoms with Gasteiger partial charge in [-0.25, -0.2) is 4.79 Å². The molecule has 1 amide bonds. The van der Waals surface area contributed by atoms with E-state index < -0.39 is 18.6 Å². The SMILES string of the molecule is C=CCN(CC(=O)C=P(c1ccccc1)(c1ccccc1)c1ccccc1)C(=O)OC(C)(C)C. The molecule has 0 heterocycles. The van der Waals surface area contributed by atoms with E-state index in [4.69, 9.17) is 4.74 Å². The molecule has 0 aromatic heterocycles. The number of ether oxygens (including phenoxy) is 1. The van der Waals surface area contributed by atoms with Crippen LogP contribution in [0.4, 0.5) is 4.79 Å². The molecule has 5 heteroatoms. The van der Waals surface area contributed by atoms with Crippen molar-refractivity contribution in [3.05, 3.63) is 104 Å². The van der Waals surface area contributed by atoms with E-state index in [9.17, 15) is 9.59 Å². The minimum atomic E-state index is -2.43. The van der Waals surface area contributed by atoms with E-state index in [1.54, 1.807) is 6.08 Å². The highest BCUT2D eigenvalue weighted by Crippen LogP contribution is 2.43. The lowest BCUT2D eigenvalue weighted by Gasteiger charge is -2.29. The summed E-state index contributed by atoms with van der Waals surface area (Å²) in [4.78, 5) is 27.8. The van der Waals surface area contributed by atoms with Crippen molar-refractivity contribution in [3.63, 3.8) is 0 Å². The smallest absolute Gasteiger partial charge is 0.410 e. The Morgan fingerprint density at radius 1 is 0.824 bits per heavy atom. The third-order valence-electron chi connectivity index (χ3n) is 5.18. The fourth-order valence-electron chi connectivity index (χ4n) is 3.79. The number of carbonyl (C=O) groups is 2. The van der Waals surface area contributed by atoms with E-state index in [1.165, 1.54) is 4.90 Å². The quantitative estimate of drug-likeness (QED) is 0.350. The maximum Gasteiger partial charge on any atom is 0.410 e. The number of Topliss-reactive ketones (excluding diaryl/α,β-unsaturated/α-hetero) is 1. The summed E-state index contributed by atoms with van der Waals surface area (Å²) in [7, 11) is 0. The van der Waals surface area contributed by atoms with Crippen molar-refractivity contribution in [1.82, 2.24) is 4.90 Å². The minimum Gasteiger partial charge on any atom is -0.444 e. The lowest BCUT2D eigenvalue weighted by atomic mass is 10.2. The van der Waals surface area contributed by atoms with E-state index in [2.05, 4.69) is 43.0 Å². The number of benzene rings is 3. The zero-order valence-corrected chi connectivity index (χ0v) is 20.9. The largest absolute Gasteiger partial charge is 0.444 e. The zero-order chi connectivity index (χ0) is 24.6.